The van der Waals surface area contributed by atoms with E-state index in [9.17, 15) is 19.2 Å². The van der Waals surface area contributed by atoms with Crippen LogP contribution in [0.1, 0.15) is 52.0 Å². The van der Waals surface area contributed by atoms with Crippen molar-refractivity contribution in [1.29, 1.82) is 0 Å². The molecule has 1 saturated carbocycles. The molecule has 7 heteroatoms. The topological polar surface area (TPSA) is 92.8 Å². The van der Waals surface area contributed by atoms with E-state index in [2.05, 4.69) is 26.1 Å². The van der Waals surface area contributed by atoms with Crippen LogP contribution in [0.15, 0.2) is 24.3 Å². The van der Waals surface area contributed by atoms with Gasteiger partial charge >= 0.3 is 5.97 Å². The zero-order valence-electron chi connectivity index (χ0n) is 17.2. The van der Waals surface area contributed by atoms with Gasteiger partial charge in [0.2, 0.25) is 11.8 Å². The number of benzene rings is 1. The number of imide groups is 1. The van der Waals surface area contributed by atoms with Crippen LogP contribution in [0.3, 0.4) is 0 Å². The van der Waals surface area contributed by atoms with Crippen molar-refractivity contribution in [1.82, 2.24) is 4.90 Å². The quantitative estimate of drug-likeness (QED) is 0.606. The van der Waals surface area contributed by atoms with Crippen molar-refractivity contribution in [3.8, 4) is 0 Å². The SMILES string of the molecule is CC(C)(C)c1ccc(NC(=O)COC(=O)CN2C(=O)[C@@H]3CCCC[C@H]3C2=O)cc1. The van der Waals surface area contributed by atoms with E-state index in [0.29, 0.717) is 18.5 Å². The Morgan fingerprint density at radius 3 is 2.10 bits per heavy atom. The molecule has 1 heterocycles. The Labute approximate surface area is 170 Å². The summed E-state index contributed by atoms with van der Waals surface area (Å²) in [4.78, 5) is 49.8. The summed E-state index contributed by atoms with van der Waals surface area (Å²) in [5.41, 5.74) is 1.76. The van der Waals surface area contributed by atoms with Crippen molar-refractivity contribution < 1.29 is 23.9 Å². The molecular formula is C22H28N2O5. The van der Waals surface area contributed by atoms with Crippen LogP contribution in [-0.2, 0) is 29.3 Å². The molecule has 2 fully saturated rings. The van der Waals surface area contributed by atoms with Gasteiger partial charge in [0.15, 0.2) is 6.61 Å². The number of amides is 3. The van der Waals surface area contributed by atoms with Crippen LogP contribution in [-0.4, -0.2) is 41.7 Å². The summed E-state index contributed by atoms with van der Waals surface area (Å²) in [6.45, 7) is 5.40. The molecule has 3 rings (SSSR count). The lowest BCUT2D eigenvalue weighted by molar-refractivity contribution is -0.154. The second-order valence-electron chi connectivity index (χ2n) is 8.80. The summed E-state index contributed by atoms with van der Waals surface area (Å²) >= 11 is 0. The number of rotatable bonds is 5. The Kier molecular flexibility index (Phi) is 6.05. The summed E-state index contributed by atoms with van der Waals surface area (Å²) in [5.74, 6) is -2.43. The monoisotopic (exact) mass is 400 g/mol. The Bertz CT molecular complexity index is 785. The number of carbonyl (C=O) groups excluding carboxylic acids is 4. The normalized spacial score (nSPS) is 21.7. The summed E-state index contributed by atoms with van der Waals surface area (Å²) in [6, 6.07) is 7.46. The minimum absolute atomic E-state index is 0.0139. The van der Waals surface area contributed by atoms with Gasteiger partial charge in [-0.2, -0.15) is 0 Å². The van der Waals surface area contributed by atoms with Crippen molar-refractivity contribution in [3.63, 3.8) is 0 Å². The van der Waals surface area contributed by atoms with E-state index in [1.54, 1.807) is 12.1 Å². The number of ether oxygens (including phenoxy) is 1. The highest BCUT2D eigenvalue weighted by Crippen LogP contribution is 2.37. The van der Waals surface area contributed by atoms with Crippen LogP contribution >= 0.6 is 0 Å². The van der Waals surface area contributed by atoms with E-state index in [0.717, 1.165) is 23.3 Å². The fourth-order valence-electron chi connectivity index (χ4n) is 3.96. The third-order valence-corrected chi connectivity index (χ3v) is 5.62. The highest BCUT2D eigenvalue weighted by atomic mass is 16.5. The fraction of sp³-hybridized carbons (Fsp3) is 0.545. The van der Waals surface area contributed by atoms with Crippen molar-refractivity contribution in [2.24, 2.45) is 11.8 Å². The molecule has 3 amide bonds. The highest BCUT2D eigenvalue weighted by molar-refractivity contribution is 6.07. The zero-order valence-corrected chi connectivity index (χ0v) is 17.2. The number of likely N-dealkylation sites (tertiary alicyclic amines) is 1. The van der Waals surface area contributed by atoms with E-state index in [1.165, 1.54) is 0 Å². The van der Waals surface area contributed by atoms with Crippen molar-refractivity contribution in [2.45, 2.75) is 51.9 Å². The molecule has 0 unspecified atom stereocenters. The van der Waals surface area contributed by atoms with Gasteiger partial charge in [0, 0.05) is 5.69 Å². The molecule has 156 valence electrons. The molecule has 0 spiro atoms. The third-order valence-electron chi connectivity index (χ3n) is 5.62. The first-order chi connectivity index (χ1) is 13.7. The zero-order chi connectivity index (χ0) is 21.2. The number of hydrogen-bond donors (Lipinski definition) is 1. The van der Waals surface area contributed by atoms with E-state index < -0.39 is 25.0 Å². The number of fused-ring (bicyclic) bond motifs is 1. The molecule has 7 nitrogen and oxygen atoms in total. The van der Waals surface area contributed by atoms with E-state index in [1.807, 2.05) is 12.1 Å². The Hall–Kier alpha value is -2.70. The maximum atomic E-state index is 12.4. The van der Waals surface area contributed by atoms with Crippen LogP contribution in [0.2, 0.25) is 0 Å². The van der Waals surface area contributed by atoms with Crippen molar-refractivity contribution in [2.75, 3.05) is 18.5 Å². The molecule has 1 aromatic carbocycles. The van der Waals surface area contributed by atoms with Gasteiger partial charge in [0.25, 0.3) is 5.91 Å². The number of nitrogens with zero attached hydrogens (tertiary/aromatic N) is 1. The molecule has 1 aliphatic heterocycles. The lowest BCUT2D eigenvalue weighted by Gasteiger charge is -2.19. The number of hydrogen-bond acceptors (Lipinski definition) is 5. The number of carbonyl (C=O) groups is 4. The minimum atomic E-state index is -0.761. The maximum absolute atomic E-state index is 12.4. The Morgan fingerprint density at radius 2 is 1.59 bits per heavy atom. The van der Waals surface area contributed by atoms with Gasteiger partial charge < -0.3 is 10.1 Å². The molecule has 1 N–H and O–H groups in total. The molecule has 0 bridgehead atoms. The smallest absolute Gasteiger partial charge is 0.326 e. The van der Waals surface area contributed by atoms with Gasteiger partial charge in [-0.3, -0.25) is 24.1 Å². The first-order valence-corrected chi connectivity index (χ1v) is 10.1. The summed E-state index contributed by atoms with van der Waals surface area (Å²) in [6.07, 6.45) is 3.24. The summed E-state index contributed by atoms with van der Waals surface area (Å²) in [7, 11) is 0. The first-order valence-electron chi connectivity index (χ1n) is 10.1. The Balaban J connectivity index is 1.47. The Morgan fingerprint density at radius 1 is 1.03 bits per heavy atom. The first kappa shape index (κ1) is 21.0. The van der Waals surface area contributed by atoms with Gasteiger partial charge in [-0.05, 0) is 36.0 Å². The van der Waals surface area contributed by atoms with Gasteiger partial charge in [0.1, 0.15) is 6.54 Å². The number of nitrogens with one attached hydrogen (secondary N) is 1. The maximum Gasteiger partial charge on any atom is 0.326 e. The molecule has 2 atom stereocenters. The lowest BCUT2D eigenvalue weighted by Crippen LogP contribution is -2.37. The summed E-state index contributed by atoms with van der Waals surface area (Å²) in [5, 5.41) is 2.66. The van der Waals surface area contributed by atoms with Gasteiger partial charge in [-0.25, -0.2) is 0 Å². The van der Waals surface area contributed by atoms with Gasteiger partial charge in [-0.1, -0.05) is 45.7 Å². The molecular weight excluding hydrogens is 372 g/mol. The predicted octanol–water partition coefficient (Wildman–Crippen LogP) is 2.64. The molecule has 1 aromatic rings. The van der Waals surface area contributed by atoms with Crippen LogP contribution in [0.4, 0.5) is 5.69 Å². The third kappa shape index (κ3) is 4.83. The molecule has 29 heavy (non-hydrogen) atoms. The standard InChI is InChI=1S/C22H28N2O5/c1-22(2,3)14-8-10-15(11-9-14)23-18(25)13-29-19(26)12-24-20(27)16-6-4-5-7-17(16)21(24)28/h8-11,16-17H,4-7,12-13H2,1-3H3,(H,23,25)/t16-,17-/m1/s1. The molecule has 2 aliphatic rings. The predicted molar refractivity (Wildman–Crippen MR) is 107 cm³/mol. The van der Waals surface area contributed by atoms with E-state index in [-0.39, 0.29) is 29.1 Å². The van der Waals surface area contributed by atoms with Crippen LogP contribution in [0.5, 0.6) is 0 Å². The fourth-order valence-corrected chi connectivity index (χ4v) is 3.96. The molecule has 0 radical (unpaired) electrons. The van der Waals surface area contributed by atoms with Gasteiger partial charge in [0.05, 0.1) is 11.8 Å². The minimum Gasteiger partial charge on any atom is -0.454 e. The van der Waals surface area contributed by atoms with Crippen molar-refractivity contribution >= 4 is 29.4 Å². The second-order valence-corrected chi connectivity index (χ2v) is 8.80. The van der Waals surface area contributed by atoms with E-state index >= 15 is 0 Å². The largest absolute Gasteiger partial charge is 0.454 e. The summed E-state index contributed by atoms with van der Waals surface area (Å²) < 4.78 is 4.97. The van der Waals surface area contributed by atoms with Crippen molar-refractivity contribution in [3.05, 3.63) is 29.8 Å². The number of anilines is 1. The van der Waals surface area contributed by atoms with E-state index in [4.69, 9.17) is 4.74 Å². The lowest BCUT2D eigenvalue weighted by atomic mass is 9.81. The van der Waals surface area contributed by atoms with Gasteiger partial charge in [-0.15, -0.1) is 0 Å². The van der Waals surface area contributed by atoms with Crippen LogP contribution in [0, 0.1) is 11.8 Å². The highest BCUT2D eigenvalue weighted by Gasteiger charge is 2.48. The molecule has 0 aromatic heterocycles. The molecule has 1 aliphatic carbocycles. The average molecular weight is 400 g/mol. The van der Waals surface area contributed by atoms with Crippen LogP contribution in [0.25, 0.3) is 0 Å². The average Bonchev–Trinajstić information content (AvgIpc) is 2.91. The second kappa shape index (κ2) is 8.35. The van der Waals surface area contributed by atoms with Crippen LogP contribution < -0.4 is 5.32 Å². The number of esters is 1. The molecule has 1 saturated heterocycles.